The highest BCUT2D eigenvalue weighted by Gasteiger charge is 2.12. The fraction of sp³-hybridized carbons (Fsp3) is 0.364. The zero-order chi connectivity index (χ0) is 13.1. The van der Waals surface area contributed by atoms with Gasteiger partial charge in [0.25, 0.3) is 0 Å². The molecule has 2 aromatic rings. The average Bonchev–Trinajstić information content (AvgIpc) is 2.70. The van der Waals surface area contributed by atoms with Crippen LogP contribution in [0, 0.1) is 0 Å². The van der Waals surface area contributed by atoms with Gasteiger partial charge in [-0.1, -0.05) is 11.6 Å². The lowest BCUT2D eigenvalue weighted by molar-refractivity contribution is 0.181. The summed E-state index contributed by atoms with van der Waals surface area (Å²) in [6.45, 7) is 0.419. The van der Waals surface area contributed by atoms with Crippen molar-refractivity contribution in [3.63, 3.8) is 0 Å². The number of hydrogen-bond acceptors (Lipinski definition) is 5. The van der Waals surface area contributed by atoms with Gasteiger partial charge in [0.15, 0.2) is 11.6 Å². The van der Waals surface area contributed by atoms with E-state index in [4.69, 9.17) is 16.3 Å². The Morgan fingerprint density at radius 3 is 2.78 bits per heavy atom. The molecule has 0 fully saturated rings. The van der Waals surface area contributed by atoms with Gasteiger partial charge in [0.1, 0.15) is 11.0 Å². The molecule has 2 aromatic heterocycles. The van der Waals surface area contributed by atoms with Gasteiger partial charge in [-0.15, -0.1) is 0 Å². The smallest absolute Gasteiger partial charge is 0.198 e. The van der Waals surface area contributed by atoms with Crippen molar-refractivity contribution in [1.82, 2.24) is 19.5 Å². The maximum atomic E-state index is 5.96. The summed E-state index contributed by atoms with van der Waals surface area (Å²) in [6, 6.07) is 1.83. The van der Waals surface area contributed by atoms with Gasteiger partial charge in [0.05, 0.1) is 18.5 Å². The number of methoxy groups -OCH3 is 1. The normalized spacial score (nSPS) is 10.7. The summed E-state index contributed by atoms with van der Waals surface area (Å²) in [7, 11) is 5.24. The number of halogens is 1. The summed E-state index contributed by atoms with van der Waals surface area (Å²) >= 11 is 5.96. The van der Waals surface area contributed by atoms with Crippen LogP contribution in [0.25, 0.3) is 11.6 Å². The Morgan fingerprint density at radius 2 is 2.22 bits per heavy atom. The second kappa shape index (κ2) is 5.32. The van der Waals surface area contributed by atoms with Crippen LogP contribution < -0.4 is 5.32 Å². The Kier molecular flexibility index (Phi) is 3.78. The van der Waals surface area contributed by atoms with Gasteiger partial charge in [-0.05, 0) is 0 Å². The van der Waals surface area contributed by atoms with E-state index in [1.165, 1.54) is 0 Å². The van der Waals surface area contributed by atoms with E-state index in [2.05, 4.69) is 20.3 Å². The van der Waals surface area contributed by atoms with Crippen molar-refractivity contribution < 1.29 is 4.74 Å². The van der Waals surface area contributed by atoms with E-state index in [0.717, 1.165) is 5.69 Å². The standard InChI is InChI=1S/C11H14ClN5O/c1-13-9-4-7(6-18-3)15-10(16-9)11-14-5-8(12)17(11)2/h4-5H,6H2,1-3H3,(H,13,15,16). The van der Waals surface area contributed by atoms with Crippen molar-refractivity contribution in [3.8, 4) is 11.6 Å². The van der Waals surface area contributed by atoms with Crippen LogP contribution in [0.5, 0.6) is 0 Å². The number of anilines is 1. The quantitative estimate of drug-likeness (QED) is 0.914. The minimum atomic E-state index is 0.419. The SMILES string of the molecule is CNc1cc(COC)nc(-c2ncc(Cl)n2C)n1. The molecule has 96 valence electrons. The molecule has 0 aliphatic rings. The zero-order valence-corrected chi connectivity index (χ0v) is 11.2. The Labute approximate surface area is 110 Å². The van der Waals surface area contributed by atoms with Crippen LogP contribution in [-0.4, -0.2) is 33.7 Å². The molecule has 1 N–H and O–H groups in total. The van der Waals surface area contributed by atoms with E-state index in [0.29, 0.717) is 29.2 Å². The van der Waals surface area contributed by atoms with E-state index >= 15 is 0 Å². The van der Waals surface area contributed by atoms with E-state index in [-0.39, 0.29) is 0 Å². The minimum Gasteiger partial charge on any atom is -0.378 e. The second-order valence-corrected chi connectivity index (χ2v) is 4.10. The van der Waals surface area contributed by atoms with Gasteiger partial charge in [-0.2, -0.15) is 0 Å². The number of rotatable bonds is 4. The maximum absolute atomic E-state index is 5.96. The molecule has 0 amide bonds. The van der Waals surface area contributed by atoms with Gasteiger partial charge < -0.3 is 14.6 Å². The van der Waals surface area contributed by atoms with Gasteiger partial charge in [0, 0.05) is 27.3 Å². The lowest BCUT2D eigenvalue weighted by atomic mass is 10.4. The number of imidazole rings is 1. The molecule has 2 heterocycles. The largest absolute Gasteiger partial charge is 0.378 e. The molecule has 0 aliphatic carbocycles. The molecule has 0 radical (unpaired) electrons. The molecular formula is C11H14ClN5O. The van der Waals surface area contributed by atoms with Gasteiger partial charge in [-0.25, -0.2) is 15.0 Å². The van der Waals surface area contributed by atoms with Gasteiger partial charge in [-0.3, -0.25) is 0 Å². The van der Waals surface area contributed by atoms with Crippen molar-refractivity contribution >= 4 is 17.4 Å². The number of nitrogens with zero attached hydrogens (tertiary/aromatic N) is 4. The molecule has 18 heavy (non-hydrogen) atoms. The van der Waals surface area contributed by atoms with E-state index in [1.54, 1.807) is 24.9 Å². The molecule has 7 heteroatoms. The molecule has 6 nitrogen and oxygen atoms in total. The van der Waals surface area contributed by atoms with E-state index in [1.807, 2.05) is 13.1 Å². The highest BCUT2D eigenvalue weighted by atomic mass is 35.5. The van der Waals surface area contributed by atoms with E-state index < -0.39 is 0 Å². The number of nitrogens with one attached hydrogen (secondary N) is 1. The topological polar surface area (TPSA) is 64.9 Å². The first-order valence-corrected chi connectivity index (χ1v) is 5.75. The fourth-order valence-electron chi connectivity index (χ4n) is 1.54. The Hall–Kier alpha value is -1.66. The molecule has 0 saturated carbocycles. The molecule has 0 aromatic carbocycles. The monoisotopic (exact) mass is 267 g/mol. The third-order valence-corrected chi connectivity index (χ3v) is 2.81. The summed E-state index contributed by atoms with van der Waals surface area (Å²) in [5, 5.41) is 3.52. The zero-order valence-electron chi connectivity index (χ0n) is 10.4. The van der Waals surface area contributed by atoms with Crippen molar-refractivity contribution in [2.45, 2.75) is 6.61 Å². The summed E-state index contributed by atoms with van der Waals surface area (Å²) in [5.74, 6) is 1.85. The van der Waals surface area contributed by atoms with Crippen LogP contribution in [0.4, 0.5) is 5.82 Å². The molecule has 0 spiro atoms. The first-order valence-electron chi connectivity index (χ1n) is 5.38. The Morgan fingerprint density at radius 1 is 1.44 bits per heavy atom. The van der Waals surface area contributed by atoms with Crippen LogP contribution in [0.15, 0.2) is 12.3 Å². The number of aromatic nitrogens is 4. The minimum absolute atomic E-state index is 0.419. The van der Waals surface area contributed by atoms with Crippen LogP contribution >= 0.6 is 11.6 Å². The number of hydrogen-bond donors (Lipinski definition) is 1. The predicted octanol–water partition coefficient (Wildman–Crippen LogP) is 1.72. The average molecular weight is 268 g/mol. The molecule has 0 atom stereocenters. The van der Waals surface area contributed by atoms with E-state index in [9.17, 15) is 0 Å². The van der Waals surface area contributed by atoms with Crippen molar-refractivity contribution in [1.29, 1.82) is 0 Å². The molecular weight excluding hydrogens is 254 g/mol. The maximum Gasteiger partial charge on any atom is 0.198 e. The molecule has 0 unspecified atom stereocenters. The van der Waals surface area contributed by atoms with Gasteiger partial charge in [0.2, 0.25) is 0 Å². The summed E-state index contributed by atoms with van der Waals surface area (Å²) in [6.07, 6.45) is 1.57. The Balaban J connectivity index is 2.49. The first-order chi connectivity index (χ1) is 8.65. The number of ether oxygens (including phenoxy) is 1. The highest BCUT2D eigenvalue weighted by molar-refractivity contribution is 6.29. The van der Waals surface area contributed by atoms with Crippen molar-refractivity contribution in [2.75, 3.05) is 19.5 Å². The molecule has 0 bridgehead atoms. The summed E-state index contributed by atoms with van der Waals surface area (Å²) in [5.41, 5.74) is 0.783. The Bertz CT molecular complexity index is 554. The lowest BCUT2D eigenvalue weighted by Crippen LogP contribution is -2.04. The fourth-order valence-corrected chi connectivity index (χ4v) is 1.67. The third-order valence-electron chi connectivity index (χ3n) is 2.46. The predicted molar refractivity (Wildman–Crippen MR) is 69.5 cm³/mol. The van der Waals surface area contributed by atoms with Crippen LogP contribution in [0.2, 0.25) is 5.15 Å². The van der Waals surface area contributed by atoms with Crippen molar-refractivity contribution in [3.05, 3.63) is 23.1 Å². The van der Waals surface area contributed by atoms with Crippen LogP contribution in [0.3, 0.4) is 0 Å². The summed E-state index contributed by atoms with van der Waals surface area (Å²) in [4.78, 5) is 13.0. The second-order valence-electron chi connectivity index (χ2n) is 3.71. The third kappa shape index (κ3) is 2.44. The lowest BCUT2D eigenvalue weighted by Gasteiger charge is -2.07. The summed E-state index contributed by atoms with van der Waals surface area (Å²) < 4.78 is 6.81. The molecule has 2 rings (SSSR count). The molecule has 0 saturated heterocycles. The van der Waals surface area contributed by atoms with Gasteiger partial charge >= 0.3 is 0 Å². The van der Waals surface area contributed by atoms with Crippen LogP contribution in [0.1, 0.15) is 5.69 Å². The first kappa shape index (κ1) is 12.8. The molecule has 0 aliphatic heterocycles. The highest BCUT2D eigenvalue weighted by Crippen LogP contribution is 2.20. The van der Waals surface area contributed by atoms with Crippen molar-refractivity contribution in [2.24, 2.45) is 7.05 Å². The van der Waals surface area contributed by atoms with Crippen LogP contribution in [-0.2, 0) is 18.4 Å².